The van der Waals surface area contributed by atoms with Crippen molar-refractivity contribution in [1.82, 2.24) is 0 Å². The van der Waals surface area contributed by atoms with E-state index in [2.05, 4.69) is 0 Å². The monoisotopic (exact) mass is 556 g/mol. The molecule has 0 amide bonds. The van der Waals surface area contributed by atoms with Crippen molar-refractivity contribution < 1.29 is 19.2 Å². The number of rotatable bonds is 13. The van der Waals surface area contributed by atoms with Crippen LogP contribution in [0.2, 0.25) is 0 Å². The second kappa shape index (κ2) is 14.5. The molecular weight excluding hydrogens is 524 g/mol. The molecule has 0 N–H and O–H groups in total. The molecule has 6 nitrogen and oxygen atoms in total. The van der Waals surface area contributed by atoms with Crippen LogP contribution < -0.4 is 0 Å². The van der Waals surface area contributed by atoms with Gasteiger partial charge in [0.2, 0.25) is 0 Å². The second-order valence-corrected chi connectivity index (χ2v) is 9.94. The number of hydrogen-bond donors (Lipinski definition) is 0. The van der Waals surface area contributed by atoms with Gasteiger partial charge in [-0.2, -0.15) is 0 Å². The lowest BCUT2D eigenvalue weighted by molar-refractivity contribution is -0.118. The van der Waals surface area contributed by atoms with Crippen LogP contribution in [0.5, 0.6) is 0 Å². The zero-order valence-corrected chi connectivity index (χ0v) is 23.5. The van der Waals surface area contributed by atoms with Crippen LogP contribution in [-0.2, 0) is 9.59 Å². The van der Waals surface area contributed by atoms with E-state index in [9.17, 15) is 19.2 Å². The Hall–Kier alpha value is -5.10. The Labute approximate surface area is 245 Å². The fourth-order valence-corrected chi connectivity index (χ4v) is 4.64. The molecule has 0 aromatic heterocycles. The minimum absolute atomic E-state index is 0.329. The van der Waals surface area contributed by atoms with E-state index in [4.69, 9.17) is 9.98 Å². The number of ketones is 4. The summed E-state index contributed by atoms with van der Waals surface area (Å²) in [6.07, 6.45) is 2.80. The Bertz CT molecular complexity index is 1450. The van der Waals surface area contributed by atoms with Gasteiger partial charge in [0.25, 0.3) is 0 Å². The minimum Gasteiger partial charge on any atom is -0.299 e. The fourth-order valence-electron chi connectivity index (χ4n) is 4.64. The summed E-state index contributed by atoms with van der Waals surface area (Å²) in [4.78, 5) is 61.4. The van der Waals surface area contributed by atoms with E-state index in [-0.39, 0.29) is 23.1 Å². The third-order valence-electron chi connectivity index (χ3n) is 6.93. The third-order valence-corrected chi connectivity index (χ3v) is 6.93. The molecule has 2 unspecified atom stereocenters. The molecule has 4 rings (SSSR count). The van der Waals surface area contributed by atoms with Gasteiger partial charge in [-0.1, -0.05) is 121 Å². The summed E-state index contributed by atoms with van der Waals surface area (Å²) in [7, 11) is 0. The normalized spacial score (nSPS) is 14.2. The van der Waals surface area contributed by atoms with E-state index in [1.807, 2.05) is 60.7 Å². The van der Waals surface area contributed by atoms with Crippen molar-refractivity contribution in [3.05, 3.63) is 144 Å². The predicted octanol–water partition coefficient (Wildman–Crippen LogP) is 6.79. The summed E-state index contributed by atoms with van der Waals surface area (Å²) in [5, 5.41) is 0. The van der Waals surface area contributed by atoms with Gasteiger partial charge in [0.1, 0.15) is 35.5 Å². The molecule has 4 aromatic rings. The number of aliphatic imine (C=N–C) groups is 2. The lowest BCUT2D eigenvalue weighted by Gasteiger charge is -2.23. The second-order valence-electron chi connectivity index (χ2n) is 9.94. The first-order valence-electron chi connectivity index (χ1n) is 13.7. The molecule has 0 aliphatic carbocycles. The van der Waals surface area contributed by atoms with Crippen LogP contribution in [-0.4, -0.2) is 35.6 Å². The van der Waals surface area contributed by atoms with Crippen molar-refractivity contribution in [3.63, 3.8) is 0 Å². The fraction of sp³-hybridized carbons (Fsp3) is 0.167. The Balaban J connectivity index is 1.78. The predicted molar refractivity (Wildman–Crippen MR) is 165 cm³/mol. The van der Waals surface area contributed by atoms with Crippen LogP contribution in [0.3, 0.4) is 0 Å². The lowest BCUT2D eigenvalue weighted by atomic mass is 9.92. The highest BCUT2D eigenvalue weighted by atomic mass is 16.2. The van der Waals surface area contributed by atoms with Gasteiger partial charge < -0.3 is 0 Å². The molecule has 6 heteroatoms. The third kappa shape index (κ3) is 7.55. The molecule has 4 aromatic carbocycles. The number of benzene rings is 4. The van der Waals surface area contributed by atoms with E-state index in [0.717, 1.165) is 11.1 Å². The first-order chi connectivity index (χ1) is 20.4. The number of nitrogens with zero attached hydrogens (tertiary/aromatic N) is 2. The van der Waals surface area contributed by atoms with Gasteiger partial charge in [-0.3, -0.25) is 29.2 Å². The number of hydrogen-bond acceptors (Lipinski definition) is 6. The van der Waals surface area contributed by atoms with Crippen molar-refractivity contribution >= 4 is 35.6 Å². The van der Waals surface area contributed by atoms with Gasteiger partial charge in [-0.25, -0.2) is 0 Å². The van der Waals surface area contributed by atoms with Crippen LogP contribution in [0, 0.1) is 11.8 Å². The zero-order chi connectivity index (χ0) is 29.9. The topological polar surface area (TPSA) is 93.0 Å². The molecule has 0 spiro atoms. The van der Waals surface area contributed by atoms with Crippen molar-refractivity contribution in [3.8, 4) is 0 Å². The van der Waals surface area contributed by atoms with Crippen molar-refractivity contribution in [2.75, 3.05) is 0 Å². The Morgan fingerprint density at radius 3 is 1.05 bits per heavy atom. The highest BCUT2D eigenvalue weighted by Gasteiger charge is 2.28. The first-order valence-corrected chi connectivity index (χ1v) is 13.7. The molecule has 0 saturated carbocycles. The molecule has 0 fully saturated rings. The Morgan fingerprint density at radius 1 is 0.476 bits per heavy atom. The molecule has 0 aliphatic rings. The average Bonchev–Trinajstić information content (AvgIpc) is 3.03. The van der Waals surface area contributed by atoms with Gasteiger partial charge in [-0.15, -0.1) is 0 Å². The lowest BCUT2D eigenvalue weighted by Crippen LogP contribution is -2.25. The maximum Gasteiger partial charge on any atom is 0.178 e. The van der Waals surface area contributed by atoms with Gasteiger partial charge in [0, 0.05) is 23.6 Å². The van der Waals surface area contributed by atoms with Crippen LogP contribution in [0.1, 0.15) is 57.8 Å². The van der Waals surface area contributed by atoms with Crippen LogP contribution in [0.25, 0.3) is 0 Å². The van der Waals surface area contributed by atoms with E-state index < -0.39 is 23.9 Å². The highest BCUT2D eigenvalue weighted by Crippen LogP contribution is 2.36. The Kier molecular flexibility index (Phi) is 10.3. The summed E-state index contributed by atoms with van der Waals surface area (Å²) in [5.41, 5.74) is 2.43. The average molecular weight is 557 g/mol. The summed E-state index contributed by atoms with van der Waals surface area (Å²) >= 11 is 0. The smallest absolute Gasteiger partial charge is 0.178 e. The van der Waals surface area contributed by atoms with E-state index >= 15 is 0 Å². The molecule has 0 bridgehead atoms. The Morgan fingerprint density at radius 2 is 0.762 bits per heavy atom. The molecule has 0 saturated heterocycles. The maximum absolute atomic E-state index is 13.3. The standard InChI is InChI=1S/C36H32N2O4/c1-25(39)31(35(41)29-19-11-5-12-20-29)23-37-33(27-15-7-3-8-16-27)34(28-17-9-4-10-18-28)38-24-32(26(2)40)36(42)30-21-13-6-14-22-30/h3-24,31-34H,1-2H3/t31?,32?,33-,34-/m0/s1. The highest BCUT2D eigenvalue weighted by molar-refractivity contribution is 6.20. The van der Waals surface area contributed by atoms with Crippen molar-refractivity contribution in [2.45, 2.75) is 25.9 Å². The molecule has 0 heterocycles. The van der Waals surface area contributed by atoms with Crippen molar-refractivity contribution in [2.24, 2.45) is 21.8 Å². The molecule has 210 valence electrons. The minimum atomic E-state index is -1.08. The summed E-state index contributed by atoms with van der Waals surface area (Å²) in [6.45, 7) is 2.74. The molecule has 0 radical (unpaired) electrons. The maximum atomic E-state index is 13.3. The van der Waals surface area contributed by atoms with Crippen LogP contribution in [0.4, 0.5) is 0 Å². The largest absolute Gasteiger partial charge is 0.299 e. The quantitative estimate of drug-likeness (QED) is 0.103. The molecule has 0 aliphatic heterocycles. The van der Waals surface area contributed by atoms with Crippen molar-refractivity contribution in [1.29, 1.82) is 0 Å². The van der Waals surface area contributed by atoms with Gasteiger partial charge in [-0.05, 0) is 25.0 Å². The summed E-state index contributed by atoms with van der Waals surface area (Å²) in [5.74, 6) is -3.51. The summed E-state index contributed by atoms with van der Waals surface area (Å²) < 4.78 is 0. The number of Topliss-reactive ketones (excluding diaryl/α,β-unsaturated/α-hetero) is 4. The first kappa shape index (κ1) is 29.9. The van der Waals surface area contributed by atoms with E-state index in [1.165, 1.54) is 26.3 Å². The summed E-state index contributed by atoms with van der Waals surface area (Å²) in [6, 6.07) is 34.8. The number of carbonyl (C=O) groups is 4. The van der Waals surface area contributed by atoms with Gasteiger partial charge in [0.15, 0.2) is 11.6 Å². The van der Waals surface area contributed by atoms with Gasteiger partial charge in [0.05, 0.1) is 0 Å². The molecule has 4 atom stereocenters. The van der Waals surface area contributed by atoms with E-state index in [1.54, 1.807) is 60.7 Å². The van der Waals surface area contributed by atoms with Gasteiger partial charge >= 0.3 is 0 Å². The zero-order valence-electron chi connectivity index (χ0n) is 23.5. The number of carbonyl (C=O) groups excluding carboxylic acids is 4. The molecule has 42 heavy (non-hydrogen) atoms. The SMILES string of the molecule is CC(=O)C(C=N[C@@H](c1ccccc1)[C@@H](N=CC(C(C)=O)C(=O)c1ccccc1)c1ccccc1)C(=O)c1ccccc1. The van der Waals surface area contributed by atoms with E-state index in [0.29, 0.717) is 11.1 Å². The molecular formula is C36H32N2O4. The van der Waals surface area contributed by atoms with Crippen LogP contribution in [0.15, 0.2) is 131 Å². The van der Waals surface area contributed by atoms with Crippen LogP contribution >= 0.6 is 0 Å².